The molecule has 1 unspecified atom stereocenters. The van der Waals surface area contributed by atoms with E-state index in [1.165, 1.54) is 212 Å². The molecule has 0 bridgehead atoms. The van der Waals surface area contributed by atoms with E-state index in [0.717, 1.165) is 77.0 Å². The maximum absolute atomic E-state index is 12.9. The lowest BCUT2D eigenvalue weighted by Gasteiger charge is -2.18. The fraction of sp³-hybridized carbons (Fsp3) is 0.786. The molecule has 6 nitrogen and oxygen atoms in total. The fourth-order valence-electron chi connectivity index (χ4n) is 9.59. The van der Waals surface area contributed by atoms with Crippen LogP contribution in [0, 0.1) is 0 Å². The van der Waals surface area contributed by atoms with E-state index >= 15 is 0 Å². The maximum atomic E-state index is 12.9. The van der Waals surface area contributed by atoms with Crippen LogP contribution < -0.4 is 0 Å². The molecular weight excluding hydrogens is 937 g/mol. The van der Waals surface area contributed by atoms with Gasteiger partial charge in [-0.15, -0.1) is 0 Å². The van der Waals surface area contributed by atoms with E-state index in [2.05, 4.69) is 87.6 Å². The minimum Gasteiger partial charge on any atom is -0.462 e. The molecule has 0 aliphatic carbocycles. The number of ether oxygens (including phenoxy) is 3. The van der Waals surface area contributed by atoms with Gasteiger partial charge in [-0.2, -0.15) is 0 Å². The molecule has 0 fully saturated rings. The molecule has 0 aromatic rings. The Bertz CT molecular complexity index is 1400. The highest BCUT2D eigenvalue weighted by atomic mass is 16.6. The standard InChI is InChI=1S/C70H124O6/c1-4-7-10-13-16-19-22-25-27-29-31-32-33-34-35-36-37-38-40-41-43-45-48-51-54-57-60-63-69(72)75-66-67(65-74-68(71)62-59-56-53-50-47-24-21-18-15-12-9-6-3)76-70(73)64-61-58-55-52-49-46-44-42-39-30-28-26-23-20-17-14-11-8-5-2/h8,11,17,20,26,28,39,42,46,49,55,58,67H,4-7,9-10,12-16,18-19,21-25,27,29-38,40-41,43-45,47-48,50-54,56-57,59-66H2,1-3H3/b11-8-,20-17-,28-26-,42-39-,49-46-,58-55-. The van der Waals surface area contributed by atoms with Gasteiger partial charge in [-0.25, -0.2) is 0 Å². The Morgan fingerprint density at radius 3 is 0.776 bits per heavy atom. The Kier molecular flexibility index (Phi) is 61.7. The number of rotatable bonds is 60. The van der Waals surface area contributed by atoms with Gasteiger partial charge in [0.2, 0.25) is 0 Å². The maximum Gasteiger partial charge on any atom is 0.306 e. The molecule has 440 valence electrons. The van der Waals surface area contributed by atoms with Crippen LogP contribution in [0.25, 0.3) is 0 Å². The predicted molar refractivity (Wildman–Crippen MR) is 330 cm³/mol. The van der Waals surface area contributed by atoms with Gasteiger partial charge < -0.3 is 14.2 Å². The zero-order chi connectivity index (χ0) is 55.0. The van der Waals surface area contributed by atoms with Gasteiger partial charge in [0.05, 0.1) is 0 Å². The molecule has 0 saturated heterocycles. The Morgan fingerprint density at radius 2 is 0.513 bits per heavy atom. The third kappa shape index (κ3) is 61.7. The summed E-state index contributed by atoms with van der Waals surface area (Å²) in [6, 6.07) is 0. The van der Waals surface area contributed by atoms with E-state index in [9.17, 15) is 14.4 Å². The number of hydrogen-bond acceptors (Lipinski definition) is 6. The van der Waals surface area contributed by atoms with Crippen LogP contribution in [0.1, 0.15) is 335 Å². The molecule has 0 aliphatic heterocycles. The third-order valence-electron chi connectivity index (χ3n) is 14.5. The molecule has 0 amide bonds. The summed E-state index contributed by atoms with van der Waals surface area (Å²) in [5.41, 5.74) is 0. The van der Waals surface area contributed by atoms with Crippen molar-refractivity contribution in [3.8, 4) is 0 Å². The van der Waals surface area contributed by atoms with Crippen LogP contribution in [0.5, 0.6) is 0 Å². The minimum atomic E-state index is -0.813. The Balaban J connectivity index is 4.29. The first-order valence-corrected chi connectivity index (χ1v) is 32.9. The van der Waals surface area contributed by atoms with Crippen molar-refractivity contribution < 1.29 is 28.6 Å². The summed E-state index contributed by atoms with van der Waals surface area (Å²) in [5, 5.41) is 0. The molecule has 0 aromatic carbocycles. The first-order valence-electron chi connectivity index (χ1n) is 32.9. The monoisotopic (exact) mass is 1060 g/mol. The first kappa shape index (κ1) is 72.8. The quantitative estimate of drug-likeness (QED) is 0.0261. The summed E-state index contributed by atoms with van der Waals surface area (Å²) in [6.45, 7) is 6.51. The van der Waals surface area contributed by atoms with Gasteiger partial charge >= 0.3 is 17.9 Å². The summed E-state index contributed by atoms with van der Waals surface area (Å²) in [6.07, 6.45) is 83.7. The van der Waals surface area contributed by atoms with Crippen LogP contribution in [0.2, 0.25) is 0 Å². The largest absolute Gasteiger partial charge is 0.462 e. The van der Waals surface area contributed by atoms with Gasteiger partial charge in [-0.1, -0.05) is 331 Å². The molecule has 0 aromatic heterocycles. The van der Waals surface area contributed by atoms with Gasteiger partial charge in [0, 0.05) is 19.3 Å². The lowest BCUT2D eigenvalue weighted by molar-refractivity contribution is -0.166. The third-order valence-corrected chi connectivity index (χ3v) is 14.5. The molecule has 0 radical (unpaired) electrons. The molecule has 0 spiro atoms. The number of esters is 3. The van der Waals surface area contributed by atoms with Crippen molar-refractivity contribution >= 4 is 17.9 Å². The van der Waals surface area contributed by atoms with Crippen LogP contribution >= 0.6 is 0 Å². The SMILES string of the molecule is CC/C=C\C/C=C\C/C=C\C/C=C\C/C=C\C/C=C\CCC(=O)OC(COC(=O)CCCCCCCCCCCCCC)COC(=O)CCCCCCCCCCCCCCCCCCCCCCCCCCCCC. The second-order valence-corrected chi connectivity index (χ2v) is 22.0. The van der Waals surface area contributed by atoms with Crippen LogP contribution in [-0.4, -0.2) is 37.2 Å². The average Bonchev–Trinajstić information content (AvgIpc) is 3.42. The molecule has 0 rings (SSSR count). The number of allylic oxidation sites excluding steroid dienone is 12. The van der Waals surface area contributed by atoms with E-state index < -0.39 is 6.10 Å². The molecular formula is C70H124O6. The van der Waals surface area contributed by atoms with Crippen LogP contribution in [-0.2, 0) is 28.6 Å². The van der Waals surface area contributed by atoms with E-state index in [4.69, 9.17) is 14.2 Å². The van der Waals surface area contributed by atoms with E-state index in [0.29, 0.717) is 19.3 Å². The second-order valence-electron chi connectivity index (χ2n) is 22.0. The van der Waals surface area contributed by atoms with Crippen molar-refractivity contribution in [3.05, 3.63) is 72.9 Å². The molecule has 0 N–H and O–H groups in total. The van der Waals surface area contributed by atoms with E-state index in [1.54, 1.807) is 0 Å². The second kappa shape index (κ2) is 64.4. The lowest BCUT2D eigenvalue weighted by atomic mass is 10.0. The topological polar surface area (TPSA) is 78.9 Å². The van der Waals surface area contributed by atoms with E-state index in [1.807, 2.05) is 6.08 Å². The summed E-state index contributed by atoms with van der Waals surface area (Å²) in [5.74, 6) is -0.970. The zero-order valence-corrected chi connectivity index (χ0v) is 50.5. The van der Waals surface area contributed by atoms with Gasteiger partial charge in [0.25, 0.3) is 0 Å². The molecule has 76 heavy (non-hydrogen) atoms. The van der Waals surface area contributed by atoms with Gasteiger partial charge in [0.1, 0.15) is 13.2 Å². The molecule has 1 atom stereocenters. The Hall–Kier alpha value is -3.15. The first-order chi connectivity index (χ1) is 37.5. The average molecular weight is 1060 g/mol. The molecule has 0 heterocycles. The highest BCUT2D eigenvalue weighted by molar-refractivity contribution is 5.71. The van der Waals surface area contributed by atoms with Gasteiger partial charge in [-0.3, -0.25) is 14.4 Å². The number of carbonyl (C=O) groups excluding carboxylic acids is 3. The number of carbonyl (C=O) groups is 3. The van der Waals surface area contributed by atoms with Crippen molar-refractivity contribution in [3.63, 3.8) is 0 Å². The molecule has 0 saturated carbocycles. The Morgan fingerprint density at radius 1 is 0.276 bits per heavy atom. The van der Waals surface area contributed by atoms with Crippen LogP contribution in [0.4, 0.5) is 0 Å². The van der Waals surface area contributed by atoms with Gasteiger partial charge in [-0.05, 0) is 57.8 Å². The van der Waals surface area contributed by atoms with Crippen molar-refractivity contribution in [1.29, 1.82) is 0 Å². The zero-order valence-electron chi connectivity index (χ0n) is 50.5. The normalized spacial score (nSPS) is 12.5. The number of unbranched alkanes of at least 4 members (excludes halogenated alkanes) is 37. The van der Waals surface area contributed by atoms with Crippen molar-refractivity contribution in [2.45, 2.75) is 341 Å². The summed E-state index contributed by atoms with van der Waals surface area (Å²) in [4.78, 5) is 38.2. The summed E-state index contributed by atoms with van der Waals surface area (Å²) < 4.78 is 16.8. The van der Waals surface area contributed by atoms with Crippen molar-refractivity contribution in [1.82, 2.24) is 0 Å². The highest BCUT2D eigenvalue weighted by Gasteiger charge is 2.19. The molecule has 6 heteroatoms. The summed E-state index contributed by atoms with van der Waals surface area (Å²) in [7, 11) is 0. The number of hydrogen-bond donors (Lipinski definition) is 0. The van der Waals surface area contributed by atoms with Gasteiger partial charge in [0.15, 0.2) is 6.10 Å². The smallest absolute Gasteiger partial charge is 0.306 e. The fourth-order valence-corrected chi connectivity index (χ4v) is 9.59. The predicted octanol–water partition coefficient (Wildman–Crippen LogP) is 22.5. The highest BCUT2D eigenvalue weighted by Crippen LogP contribution is 2.18. The van der Waals surface area contributed by atoms with Crippen LogP contribution in [0.15, 0.2) is 72.9 Å². The molecule has 0 aliphatic rings. The van der Waals surface area contributed by atoms with Crippen molar-refractivity contribution in [2.24, 2.45) is 0 Å². The summed E-state index contributed by atoms with van der Waals surface area (Å²) >= 11 is 0. The van der Waals surface area contributed by atoms with Crippen molar-refractivity contribution in [2.75, 3.05) is 13.2 Å². The Labute approximate surface area is 472 Å². The van der Waals surface area contributed by atoms with Crippen LogP contribution in [0.3, 0.4) is 0 Å². The minimum absolute atomic E-state index is 0.101. The van der Waals surface area contributed by atoms with E-state index in [-0.39, 0.29) is 37.5 Å². The lowest BCUT2D eigenvalue weighted by Crippen LogP contribution is -2.30.